The molecule has 0 aromatic heterocycles. The topological polar surface area (TPSA) is 38.3 Å². The zero-order chi connectivity index (χ0) is 14.7. The van der Waals surface area contributed by atoms with Crippen LogP contribution in [0.2, 0.25) is 0 Å². The van der Waals surface area contributed by atoms with Crippen LogP contribution in [-0.2, 0) is 9.53 Å². The van der Waals surface area contributed by atoms with Gasteiger partial charge in [0, 0.05) is 11.0 Å². The van der Waals surface area contributed by atoms with E-state index in [1.165, 1.54) is 12.1 Å². The Kier molecular flexibility index (Phi) is 4.96. The molecule has 2 unspecified atom stereocenters. The lowest BCUT2D eigenvalue weighted by Gasteiger charge is -2.09. The molecule has 0 amide bonds. The van der Waals surface area contributed by atoms with Crippen molar-refractivity contribution in [2.45, 2.75) is 19.8 Å². The molecule has 1 aliphatic rings. The van der Waals surface area contributed by atoms with Gasteiger partial charge < -0.3 is 10.1 Å². The van der Waals surface area contributed by atoms with Crippen LogP contribution in [0.3, 0.4) is 0 Å². The molecular formula is C14H16BrF2NO2. The number of rotatable bonds is 6. The predicted octanol–water partition coefficient (Wildman–Crippen LogP) is 3.73. The number of carbonyl (C=O) groups excluding carboxylic acids is 1. The molecule has 1 saturated carbocycles. The highest BCUT2D eigenvalue weighted by Crippen LogP contribution is 2.42. The maximum absolute atomic E-state index is 13.6. The number of benzene rings is 1. The van der Waals surface area contributed by atoms with Gasteiger partial charge in [-0.2, -0.15) is 0 Å². The Bertz CT molecular complexity index is 487. The van der Waals surface area contributed by atoms with E-state index in [0.717, 1.165) is 6.42 Å². The standard InChI is InChI=1S/C14H16BrF2NO2/c1-2-20-14(19)10-5-8(10)3-4-18-13-11(16)6-9(15)7-12(13)17/h6-8,10,18H,2-5H2,1H3. The Labute approximate surface area is 124 Å². The molecule has 1 N–H and O–H groups in total. The van der Waals surface area contributed by atoms with Crippen LogP contribution >= 0.6 is 15.9 Å². The van der Waals surface area contributed by atoms with Crippen LogP contribution in [0, 0.1) is 23.5 Å². The molecule has 110 valence electrons. The van der Waals surface area contributed by atoms with Gasteiger partial charge in [-0.3, -0.25) is 4.79 Å². The van der Waals surface area contributed by atoms with Crippen molar-refractivity contribution in [3.8, 4) is 0 Å². The molecule has 0 saturated heterocycles. The molecule has 0 heterocycles. The second-order valence-electron chi connectivity index (χ2n) is 4.81. The molecule has 0 aliphatic heterocycles. The average molecular weight is 348 g/mol. The quantitative estimate of drug-likeness (QED) is 0.797. The van der Waals surface area contributed by atoms with Crippen LogP contribution in [0.15, 0.2) is 16.6 Å². The van der Waals surface area contributed by atoms with Crippen LogP contribution in [0.5, 0.6) is 0 Å². The van der Waals surface area contributed by atoms with E-state index in [1.807, 2.05) is 0 Å². The van der Waals surface area contributed by atoms with E-state index in [1.54, 1.807) is 6.92 Å². The fourth-order valence-electron chi connectivity index (χ4n) is 2.20. The van der Waals surface area contributed by atoms with Gasteiger partial charge in [-0.15, -0.1) is 0 Å². The van der Waals surface area contributed by atoms with Crippen molar-refractivity contribution >= 4 is 27.6 Å². The molecular weight excluding hydrogens is 332 g/mol. The third kappa shape index (κ3) is 3.69. The first-order chi connectivity index (χ1) is 9.52. The van der Waals surface area contributed by atoms with Gasteiger partial charge >= 0.3 is 5.97 Å². The SMILES string of the molecule is CCOC(=O)C1CC1CCNc1c(F)cc(Br)cc1F. The first kappa shape index (κ1) is 15.2. The van der Waals surface area contributed by atoms with Gasteiger partial charge in [-0.25, -0.2) is 8.78 Å². The lowest BCUT2D eigenvalue weighted by Crippen LogP contribution is -2.10. The highest BCUT2D eigenvalue weighted by molar-refractivity contribution is 9.10. The number of anilines is 1. The molecule has 0 spiro atoms. The summed E-state index contributed by atoms with van der Waals surface area (Å²) in [4.78, 5) is 11.4. The minimum Gasteiger partial charge on any atom is -0.466 e. The van der Waals surface area contributed by atoms with Gasteiger partial charge in [0.25, 0.3) is 0 Å². The molecule has 2 rings (SSSR count). The summed E-state index contributed by atoms with van der Waals surface area (Å²) in [5, 5.41) is 2.75. The van der Waals surface area contributed by atoms with E-state index in [4.69, 9.17) is 4.74 Å². The van der Waals surface area contributed by atoms with Gasteiger partial charge in [-0.1, -0.05) is 15.9 Å². The van der Waals surface area contributed by atoms with Crippen LogP contribution in [0.25, 0.3) is 0 Å². The Hall–Kier alpha value is -1.17. The minimum atomic E-state index is -0.630. The third-order valence-electron chi connectivity index (χ3n) is 3.34. The molecule has 1 aliphatic carbocycles. The van der Waals surface area contributed by atoms with E-state index in [-0.39, 0.29) is 23.5 Å². The Morgan fingerprint density at radius 3 is 2.70 bits per heavy atom. The third-order valence-corrected chi connectivity index (χ3v) is 3.79. The summed E-state index contributed by atoms with van der Waals surface area (Å²) in [7, 11) is 0. The van der Waals surface area contributed by atoms with Crippen LogP contribution < -0.4 is 5.32 Å². The van der Waals surface area contributed by atoms with Crippen molar-refractivity contribution < 1.29 is 18.3 Å². The monoisotopic (exact) mass is 347 g/mol. The highest BCUT2D eigenvalue weighted by Gasteiger charge is 2.43. The van der Waals surface area contributed by atoms with Crippen LogP contribution in [-0.4, -0.2) is 19.1 Å². The molecule has 20 heavy (non-hydrogen) atoms. The normalized spacial score (nSPS) is 20.6. The number of ether oxygens (including phenoxy) is 1. The Balaban J connectivity index is 1.79. The van der Waals surface area contributed by atoms with Crippen LogP contribution in [0.4, 0.5) is 14.5 Å². The first-order valence-corrected chi connectivity index (χ1v) is 7.37. The van der Waals surface area contributed by atoms with E-state index in [9.17, 15) is 13.6 Å². The molecule has 3 nitrogen and oxygen atoms in total. The fourth-order valence-corrected chi connectivity index (χ4v) is 2.60. The maximum atomic E-state index is 13.6. The van der Waals surface area contributed by atoms with E-state index in [2.05, 4.69) is 21.2 Å². The van der Waals surface area contributed by atoms with E-state index >= 15 is 0 Å². The number of halogens is 3. The average Bonchev–Trinajstić information content (AvgIpc) is 3.12. The van der Waals surface area contributed by atoms with E-state index in [0.29, 0.717) is 24.0 Å². The molecule has 1 fully saturated rings. The summed E-state index contributed by atoms with van der Waals surface area (Å²) in [5.41, 5.74) is -0.124. The summed E-state index contributed by atoms with van der Waals surface area (Å²) in [6, 6.07) is 2.42. The summed E-state index contributed by atoms with van der Waals surface area (Å²) in [6.45, 7) is 2.58. The molecule has 1 aromatic rings. The van der Waals surface area contributed by atoms with Gasteiger partial charge in [0.1, 0.15) is 17.3 Å². The second-order valence-corrected chi connectivity index (χ2v) is 5.73. The van der Waals surface area contributed by atoms with Crippen molar-refractivity contribution in [3.63, 3.8) is 0 Å². The van der Waals surface area contributed by atoms with Crippen LogP contribution in [0.1, 0.15) is 19.8 Å². The lowest BCUT2D eigenvalue weighted by atomic mass is 10.2. The van der Waals surface area contributed by atoms with Crippen molar-refractivity contribution in [2.24, 2.45) is 11.8 Å². The fraction of sp³-hybridized carbons (Fsp3) is 0.500. The minimum absolute atomic E-state index is 0.0450. The number of hydrogen-bond acceptors (Lipinski definition) is 3. The van der Waals surface area contributed by atoms with E-state index < -0.39 is 11.6 Å². The molecule has 6 heteroatoms. The summed E-state index contributed by atoms with van der Waals surface area (Å²) in [5.74, 6) is -1.22. The predicted molar refractivity (Wildman–Crippen MR) is 75.4 cm³/mol. The van der Waals surface area contributed by atoms with Crippen molar-refractivity contribution in [2.75, 3.05) is 18.5 Å². The van der Waals surface area contributed by atoms with Crippen molar-refractivity contribution in [1.82, 2.24) is 0 Å². The first-order valence-electron chi connectivity index (χ1n) is 6.58. The Morgan fingerprint density at radius 2 is 2.10 bits per heavy atom. The zero-order valence-corrected chi connectivity index (χ0v) is 12.7. The largest absolute Gasteiger partial charge is 0.466 e. The molecule has 2 atom stereocenters. The Morgan fingerprint density at radius 1 is 1.45 bits per heavy atom. The van der Waals surface area contributed by atoms with Gasteiger partial charge in [0.15, 0.2) is 0 Å². The molecule has 1 aromatic carbocycles. The van der Waals surface area contributed by atoms with Crippen molar-refractivity contribution in [1.29, 1.82) is 0 Å². The number of esters is 1. The van der Waals surface area contributed by atoms with Gasteiger partial charge in [-0.05, 0) is 37.8 Å². The zero-order valence-electron chi connectivity index (χ0n) is 11.1. The number of carbonyl (C=O) groups is 1. The molecule has 0 radical (unpaired) electrons. The summed E-state index contributed by atoms with van der Waals surface area (Å²) in [6.07, 6.45) is 1.49. The van der Waals surface area contributed by atoms with Gasteiger partial charge in [0.05, 0.1) is 12.5 Å². The second kappa shape index (κ2) is 6.52. The highest BCUT2D eigenvalue weighted by atomic mass is 79.9. The number of hydrogen-bond donors (Lipinski definition) is 1. The molecule has 0 bridgehead atoms. The maximum Gasteiger partial charge on any atom is 0.309 e. The summed E-state index contributed by atoms with van der Waals surface area (Å²) < 4.78 is 32.4. The lowest BCUT2D eigenvalue weighted by molar-refractivity contribution is -0.145. The van der Waals surface area contributed by atoms with Crippen molar-refractivity contribution in [3.05, 3.63) is 28.2 Å². The smallest absolute Gasteiger partial charge is 0.309 e. The number of nitrogens with one attached hydrogen (secondary N) is 1. The van der Waals surface area contributed by atoms with Gasteiger partial charge in [0.2, 0.25) is 0 Å². The summed E-state index contributed by atoms with van der Waals surface area (Å²) >= 11 is 3.03.